The summed E-state index contributed by atoms with van der Waals surface area (Å²) in [6.45, 7) is 6.27. The van der Waals surface area contributed by atoms with Crippen molar-refractivity contribution in [3.05, 3.63) is 40.4 Å². The van der Waals surface area contributed by atoms with Crippen molar-refractivity contribution >= 4 is 32.4 Å². The molecule has 0 aliphatic carbocycles. The van der Waals surface area contributed by atoms with Gasteiger partial charge in [0.1, 0.15) is 5.75 Å². The summed E-state index contributed by atoms with van der Waals surface area (Å²) < 4.78 is 31.2. The second-order valence-electron chi connectivity index (χ2n) is 6.52. The SMILES string of the molecule is CCS(=O)(=O)N1CCc2nc(NC(=O)c3ccc(OC(C)C)cc3)sc2C1. The fourth-order valence-corrected chi connectivity index (χ4v) is 4.93. The average Bonchev–Trinajstić information content (AvgIpc) is 3.03. The van der Waals surface area contributed by atoms with Crippen LogP contribution in [0, 0.1) is 0 Å². The number of nitrogens with zero attached hydrogens (tertiary/aromatic N) is 2. The molecule has 27 heavy (non-hydrogen) atoms. The van der Waals surface area contributed by atoms with E-state index in [4.69, 9.17) is 4.74 Å². The number of thiazole rings is 1. The fourth-order valence-electron chi connectivity index (χ4n) is 2.77. The number of carbonyl (C=O) groups excluding carboxylic acids is 1. The molecule has 0 saturated carbocycles. The number of anilines is 1. The zero-order chi connectivity index (χ0) is 19.6. The molecule has 0 saturated heterocycles. The van der Waals surface area contributed by atoms with Crippen molar-refractivity contribution in [1.82, 2.24) is 9.29 Å². The number of nitrogens with one attached hydrogen (secondary N) is 1. The molecule has 7 nitrogen and oxygen atoms in total. The van der Waals surface area contributed by atoms with E-state index in [1.165, 1.54) is 15.6 Å². The second kappa shape index (κ2) is 7.95. The van der Waals surface area contributed by atoms with Crippen LogP contribution in [0.1, 0.15) is 41.7 Å². The Bertz CT molecular complexity index is 921. The molecular weight excluding hydrogens is 386 g/mol. The standard InChI is InChI=1S/C18H23N3O4S2/c1-4-27(23,24)21-10-9-15-16(11-21)26-18(19-15)20-17(22)13-5-7-14(8-6-13)25-12(2)3/h5-8,12H,4,9-11H2,1-3H3,(H,19,20,22). The van der Waals surface area contributed by atoms with E-state index in [0.29, 0.717) is 36.0 Å². The van der Waals surface area contributed by atoms with E-state index < -0.39 is 10.0 Å². The molecule has 9 heteroatoms. The third-order valence-electron chi connectivity index (χ3n) is 4.16. The minimum atomic E-state index is -3.22. The second-order valence-corrected chi connectivity index (χ2v) is 9.86. The third-order valence-corrected chi connectivity index (χ3v) is 6.99. The highest BCUT2D eigenvalue weighted by Crippen LogP contribution is 2.30. The molecule has 0 spiro atoms. The lowest BCUT2D eigenvalue weighted by Gasteiger charge is -2.24. The molecule has 0 radical (unpaired) electrons. The minimum absolute atomic E-state index is 0.0717. The van der Waals surface area contributed by atoms with Gasteiger partial charge in [0.05, 0.1) is 17.6 Å². The fraction of sp³-hybridized carbons (Fsp3) is 0.444. The van der Waals surface area contributed by atoms with Gasteiger partial charge in [0.15, 0.2) is 5.13 Å². The highest BCUT2D eigenvalue weighted by Gasteiger charge is 2.28. The molecule has 2 heterocycles. The zero-order valence-electron chi connectivity index (χ0n) is 15.6. The zero-order valence-corrected chi connectivity index (χ0v) is 17.2. The van der Waals surface area contributed by atoms with Gasteiger partial charge in [0.2, 0.25) is 10.0 Å². The van der Waals surface area contributed by atoms with E-state index in [1.807, 2.05) is 13.8 Å². The molecular formula is C18H23N3O4S2. The lowest BCUT2D eigenvalue weighted by atomic mass is 10.2. The summed E-state index contributed by atoms with van der Waals surface area (Å²) in [5.74, 6) is 0.542. The van der Waals surface area contributed by atoms with Crippen LogP contribution in [0.2, 0.25) is 0 Å². The average molecular weight is 410 g/mol. The van der Waals surface area contributed by atoms with Crippen LogP contribution < -0.4 is 10.1 Å². The Morgan fingerprint density at radius 1 is 1.33 bits per heavy atom. The number of rotatable bonds is 6. The first-order chi connectivity index (χ1) is 12.8. The van der Waals surface area contributed by atoms with E-state index in [-0.39, 0.29) is 17.8 Å². The first-order valence-electron chi connectivity index (χ1n) is 8.83. The van der Waals surface area contributed by atoms with Crippen molar-refractivity contribution in [2.24, 2.45) is 0 Å². The number of sulfonamides is 1. The van der Waals surface area contributed by atoms with Crippen molar-refractivity contribution in [1.29, 1.82) is 0 Å². The molecule has 1 aromatic heterocycles. The molecule has 1 aromatic carbocycles. The van der Waals surface area contributed by atoms with Gasteiger partial charge in [-0.15, -0.1) is 11.3 Å². The van der Waals surface area contributed by atoms with Gasteiger partial charge in [0, 0.05) is 30.0 Å². The summed E-state index contributed by atoms with van der Waals surface area (Å²) in [5.41, 5.74) is 1.37. The van der Waals surface area contributed by atoms with Gasteiger partial charge in [-0.2, -0.15) is 4.31 Å². The molecule has 3 rings (SSSR count). The van der Waals surface area contributed by atoms with E-state index in [1.54, 1.807) is 31.2 Å². The molecule has 1 amide bonds. The maximum Gasteiger partial charge on any atom is 0.257 e. The molecule has 146 valence electrons. The van der Waals surface area contributed by atoms with Gasteiger partial charge in [0.25, 0.3) is 5.91 Å². The lowest BCUT2D eigenvalue weighted by Crippen LogP contribution is -2.36. The Kier molecular flexibility index (Phi) is 5.83. The van der Waals surface area contributed by atoms with Crippen molar-refractivity contribution in [3.8, 4) is 5.75 Å². The highest BCUT2D eigenvalue weighted by atomic mass is 32.2. The van der Waals surface area contributed by atoms with Crippen molar-refractivity contribution in [2.45, 2.75) is 39.8 Å². The van der Waals surface area contributed by atoms with E-state index in [9.17, 15) is 13.2 Å². The molecule has 1 aliphatic heterocycles. The summed E-state index contributed by atoms with van der Waals surface area (Å²) in [5, 5.41) is 3.29. The summed E-state index contributed by atoms with van der Waals surface area (Å²) in [7, 11) is -3.22. The van der Waals surface area contributed by atoms with Crippen LogP contribution in [-0.2, 0) is 23.0 Å². The summed E-state index contributed by atoms with van der Waals surface area (Å²) in [6, 6.07) is 6.93. The lowest BCUT2D eigenvalue weighted by molar-refractivity contribution is 0.102. The van der Waals surface area contributed by atoms with Crippen LogP contribution >= 0.6 is 11.3 Å². The van der Waals surface area contributed by atoms with Crippen LogP contribution in [0.5, 0.6) is 5.75 Å². The Morgan fingerprint density at radius 3 is 2.67 bits per heavy atom. The maximum absolute atomic E-state index is 12.4. The number of amides is 1. The number of hydrogen-bond acceptors (Lipinski definition) is 6. The maximum atomic E-state index is 12.4. The van der Waals surface area contributed by atoms with Gasteiger partial charge in [-0.1, -0.05) is 0 Å². The number of aromatic nitrogens is 1. The Labute approximate surface area is 163 Å². The molecule has 0 bridgehead atoms. The first kappa shape index (κ1) is 19.8. The molecule has 1 N–H and O–H groups in total. The third kappa shape index (κ3) is 4.66. The Balaban J connectivity index is 1.68. The largest absolute Gasteiger partial charge is 0.491 e. The summed E-state index contributed by atoms with van der Waals surface area (Å²) in [4.78, 5) is 17.8. The Hall–Kier alpha value is -1.97. The molecule has 0 fully saturated rings. The number of benzene rings is 1. The normalized spacial score (nSPS) is 14.8. The number of fused-ring (bicyclic) bond motifs is 1. The Morgan fingerprint density at radius 2 is 2.04 bits per heavy atom. The molecule has 1 aliphatic rings. The van der Waals surface area contributed by atoms with Crippen LogP contribution in [0.4, 0.5) is 5.13 Å². The van der Waals surface area contributed by atoms with Gasteiger partial charge < -0.3 is 4.74 Å². The number of hydrogen-bond donors (Lipinski definition) is 1. The van der Waals surface area contributed by atoms with Gasteiger partial charge >= 0.3 is 0 Å². The van der Waals surface area contributed by atoms with Gasteiger partial charge in [-0.25, -0.2) is 13.4 Å². The van der Waals surface area contributed by atoms with Crippen LogP contribution in [-0.4, -0.2) is 42.0 Å². The number of ether oxygens (including phenoxy) is 1. The van der Waals surface area contributed by atoms with E-state index >= 15 is 0 Å². The molecule has 0 unspecified atom stereocenters. The predicted molar refractivity (Wildman–Crippen MR) is 106 cm³/mol. The van der Waals surface area contributed by atoms with Crippen LogP contribution in [0.3, 0.4) is 0 Å². The van der Waals surface area contributed by atoms with E-state index in [0.717, 1.165) is 10.6 Å². The summed E-state index contributed by atoms with van der Waals surface area (Å²) in [6.07, 6.45) is 0.629. The smallest absolute Gasteiger partial charge is 0.257 e. The van der Waals surface area contributed by atoms with Gasteiger partial charge in [-0.05, 0) is 45.0 Å². The molecule has 2 aromatic rings. The predicted octanol–water partition coefficient (Wildman–Crippen LogP) is 2.89. The quantitative estimate of drug-likeness (QED) is 0.792. The first-order valence-corrected chi connectivity index (χ1v) is 11.3. The highest BCUT2D eigenvalue weighted by molar-refractivity contribution is 7.89. The van der Waals surface area contributed by atoms with Crippen molar-refractivity contribution in [2.75, 3.05) is 17.6 Å². The van der Waals surface area contributed by atoms with Crippen molar-refractivity contribution in [3.63, 3.8) is 0 Å². The monoisotopic (exact) mass is 409 g/mol. The van der Waals surface area contributed by atoms with Crippen molar-refractivity contribution < 1.29 is 17.9 Å². The topological polar surface area (TPSA) is 88.6 Å². The van der Waals surface area contributed by atoms with Crippen LogP contribution in [0.15, 0.2) is 24.3 Å². The van der Waals surface area contributed by atoms with Crippen LogP contribution in [0.25, 0.3) is 0 Å². The minimum Gasteiger partial charge on any atom is -0.491 e. The van der Waals surface area contributed by atoms with E-state index in [2.05, 4.69) is 10.3 Å². The molecule has 0 atom stereocenters. The summed E-state index contributed by atoms with van der Waals surface area (Å²) >= 11 is 1.33. The number of carbonyl (C=O) groups is 1. The van der Waals surface area contributed by atoms with Gasteiger partial charge in [-0.3, -0.25) is 10.1 Å².